The van der Waals surface area contributed by atoms with Gasteiger partial charge in [0.1, 0.15) is 5.82 Å². The number of piperidine rings is 1. The van der Waals surface area contributed by atoms with Gasteiger partial charge in [0.25, 0.3) is 0 Å². The molecule has 1 heterocycles. The van der Waals surface area contributed by atoms with E-state index in [0.717, 1.165) is 12.8 Å². The van der Waals surface area contributed by atoms with E-state index >= 15 is 0 Å². The van der Waals surface area contributed by atoms with Crippen molar-refractivity contribution in [1.82, 2.24) is 10.2 Å². The summed E-state index contributed by atoms with van der Waals surface area (Å²) in [6.45, 7) is 4.93. The Balaban J connectivity index is 1.53. The van der Waals surface area contributed by atoms with Crippen LogP contribution in [0.3, 0.4) is 0 Å². The minimum absolute atomic E-state index is 0.0523. The highest BCUT2D eigenvalue weighted by Gasteiger charge is 2.28. The maximum absolute atomic E-state index is 14.7. The highest BCUT2D eigenvalue weighted by molar-refractivity contribution is 5.90. The second-order valence-corrected chi connectivity index (χ2v) is 8.92. The second-order valence-electron chi connectivity index (χ2n) is 8.92. The SMILES string of the molecule is CC(C)NC(=O)C1CCN(C(=O)Nc2ccc(N(C)C3CCCCC3)c(F)c2)CC1. The van der Waals surface area contributed by atoms with Gasteiger partial charge in [-0.3, -0.25) is 4.79 Å². The fourth-order valence-electron chi connectivity index (χ4n) is 4.49. The maximum atomic E-state index is 14.7. The third kappa shape index (κ3) is 5.64. The second kappa shape index (κ2) is 10.1. The molecule has 30 heavy (non-hydrogen) atoms. The molecule has 1 aromatic rings. The zero-order valence-electron chi connectivity index (χ0n) is 18.4. The molecule has 6 nitrogen and oxygen atoms in total. The quantitative estimate of drug-likeness (QED) is 0.747. The molecule has 3 rings (SSSR count). The summed E-state index contributed by atoms with van der Waals surface area (Å²) in [5.74, 6) is -0.307. The highest BCUT2D eigenvalue weighted by Crippen LogP contribution is 2.29. The van der Waals surface area contributed by atoms with Crippen LogP contribution in [0.1, 0.15) is 58.8 Å². The van der Waals surface area contributed by atoms with Crippen LogP contribution in [0.5, 0.6) is 0 Å². The number of nitrogens with zero attached hydrogens (tertiary/aromatic N) is 2. The van der Waals surface area contributed by atoms with Crippen molar-refractivity contribution >= 4 is 23.3 Å². The lowest BCUT2D eigenvalue weighted by Gasteiger charge is -2.33. The van der Waals surface area contributed by atoms with Crippen LogP contribution in [0.2, 0.25) is 0 Å². The molecule has 2 fully saturated rings. The van der Waals surface area contributed by atoms with Gasteiger partial charge in [0.2, 0.25) is 5.91 Å². The number of carbonyl (C=O) groups excluding carboxylic acids is 2. The van der Waals surface area contributed by atoms with Gasteiger partial charge in [0.05, 0.1) is 5.69 Å². The van der Waals surface area contributed by atoms with Gasteiger partial charge in [0, 0.05) is 43.8 Å². The molecule has 0 aromatic heterocycles. The van der Waals surface area contributed by atoms with Crippen LogP contribution in [-0.2, 0) is 4.79 Å². The summed E-state index contributed by atoms with van der Waals surface area (Å²) in [6, 6.07) is 5.16. The minimum atomic E-state index is -0.315. The van der Waals surface area contributed by atoms with E-state index in [-0.39, 0.29) is 29.7 Å². The van der Waals surface area contributed by atoms with Crippen molar-refractivity contribution in [3.05, 3.63) is 24.0 Å². The number of hydrogen-bond donors (Lipinski definition) is 2. The van der Waals surface area contributed by atoms with Gasteiger partial charge in [-0.1, -0.05) is 19.3 Å². The fourth-order valence-corrected chi connectivity index (χ4v) is 4.49. The lowest BCUT2D eigenvalue weighted by molar-refractivity contribution is -0.126. The Bertz CT molecular complexity index is 741. The number of nitrogens with one attached hydrogen (secondary N) is 2. The lowest BCUT2D eigenvalue weighted by Crippen LogP contribution is -2.45. The number of rotatable bonds is 5. The first kappa shape index (κ1) is 22.4. The molecule has 1 aromatic carbocycles. The van der Waals surface area contributed by atoms with Crippen molar-refractivity contribution in [2.75, 3.05) is 30.4 Å². The van der Waals surface area contributed by atoms with Crippen molar-refractivity contribution in [2.24, 2.45) is 5.92 Å². The summed E-state index contributed by atoms with van der Waals surface area (Å²) in [6.07, 6.45) is 7.13. The number of urea groups is 1. The summed E-state index contributed by atoms with van der Waals surface area (Å²) >= 11 is 0. The molecule has 0 radical (unpaired) electrons. The molecule has 0 atom stereocenters. The van der Waals surface area contributed by atoms with E-state index in [1.54, 1.807) is 17.0 Å². The van der Waals surface area contributed by atoms with Crippen LogP contribution in [0, 0.1) is 11.7 Å². The van der Waals surface area contributed by atoms with Crippen LogP contribution in [0.4, 0.5) is 20.6 Å². The summed E-state index contributed by atoms with van der Waals surface area (Å²) in [5.41, 5.74) is 1.04. The molecule has 3 amide bonds. The molecule has 2 aliphatic rings. The van der Waals surface area contributed by atoms with E-state index in [9.17, 15) is 14.0 Å². The number of amides is 3. The van der Waals surface area contributed by atoms with Gasteiger partial charge >= 0.3 is 6.03 Å². The largest absolute Gasteiger partial charge is 0.369 e. The molecule has 1 saturated carbocycles. The van der Waals surface area contributed by atoms with Crippen LogP contribution >= 0.6 is 0 Å². The minimum Gasteiger partial charge on any atom is -0.369 e. The molecular weight excluding hydrogens is 383 g/mol. The predicted octanol–water partition coefficient (Wildman–Crippen LogP) is 4.36. The van der Waals surface area contributed by atoms with Gasteiger partial charge in [-0.05, 0) is 57.7 Å². The Hall–Kier alpha value is -2.31. The Morgan fingerprint density at radius 3 is 2.37 bits per heavy atom. The summed E-state index contributed by atoms with van der Waals surface area (Å²) < 4.78 is 14.7. The van der Waals surface area contributed by atoms with E-state index in [2.05, 4.69) is 10.6 Å². The predicted molar refractivity (Wildman–Crippen MR) is 118 cm³/mol. The van der Waals surface area contributed by atoms with Crippen LogP contribution in [0.25, 0.3) is 0 Å². The van der Waals surface area contributed by atoms with E-state index in [1.165, 1.54) is 25.3 Å². The molecule has 0 bridgehead atoms. The van der Waals surface area contributed by atoms with Gasteiger partial charge in [0.15, 0.2) is 0 Å². The summed E-state index contributed by atoms with van der Waals surface area (Å²) in [4.78, 5) is 28.4. The van der Waals surface area contributed by atoms with Crippen LogP contribution in [0.15, 0.2) is 18.2 Å². The highest BCUT2D eigenvalue weighted by atomic mass is 19.1. The molecule has 7 heteroatoms. The van der Waals surface area contributed by atoms with Crippen LogP contribution < -0.4 is 15.5 Å². The molecule has 1 aliphatic carbocycles. The molecule has 166 valence electrons. The fraction of sp³-hybridized carbons (Fsp3) is 0.652. The molecule has 2 N–H and O–H groups in total. The van der Waals surface area contributed by atoms with Crippen molar-refractivity contribution in [3.63, 3.8) is 0 Å². The number of benzene rings is 1. The number of halogens is 1. The van der Waals surface area contributed by atoms with Gasteiger partial charge in [-0.15, -0.1) is 0 Å². The topological polar surface area (TPSA) is 64.7 Å². The van der Waals surface area contributed by atoms with E-state index in [1.807, 2.05) is 25.8 Å². The van der Waals surface area contributed by atoms with E-state index in [4.69, 9.17) is 0 Å². The number of likely N-dealkylation sites (tertiary alicyclic amines) is 1. The summed E-state index contributed by atoms with van der Waals surface area (Å²) in [5, 5.41) is 5.74. The van der Waals surface area contributed by atoms with E-state index < -0.39 is 0 Å². The zero-order chi connectivity index (χ0) is 21.7. The normalized spacial score (nSPS) is 18.4. The average molecular weight is 419 g/mol. The van der Waals surface area contributed by atoms with Crippen molar-refractivity contribution in [2.45, 2.75) is 70.9 Å². The smallest absolute Gasteiger partial charge is 0.321 e. The first-order valence-electron chi connectivity index (χ1n) is 11.2. The Labute approximate surface area is 179 Å². The molecule has 1 aliphatic heterocycles. The molecular formula is C23H35FN4O2. The first-order chi connectivity index (χ1) is 14.3. The third-order valence-corrected chi connectivity index (χ3v) is 6.29. The zero-order valence-corrected chi connectivity index (χ0v) is 18.4. The summed E-state index contributed by atoms with van der Waals surface area (Å²) in [7, 11) is 1.95. The van der Waals surface area contributed by atoms with Gasteiger partial charge in [-0.25, -0.2) is 9.18 Å². The average Bonchev–Trinajstić information content (AvgIpc) is 2.73. The standard InChI is InChI=1S/C23H35FN4O2/c1-16(2)25-22(29)17-11-13-28(14-12-17)23(30)26-18-9-10-21(20(24)15-18)27(3)19-7-5-4-6-8-19/h9-10,15-17,19H,4-8,11-14H2,1-3H3,(H,25,29)(H,26,30). The maximum Gasteiger partial charge on any atom is 0.321 e. The van der Waals surface area contributed by atoms with Crippen molar-refractivity contribution in [1.29, 1.82) is 0 Å². The number of hydrogen-bond acceptors (Lipinski definition) is 3. The lowest BCUT2D eigenvalue weighted by atomic mass is 9.94. The molecule has 1 saturated heterocycles. The van der Waals surface area contributed by atoms with Crippen molar-refractivity contribution < 1.29 is 14.0 Å². The molecule has 0 spiro atoms. The van der Waals surface area contributed by atoms with Crippen LogP contribution in [-0.4, -0.2) is 49.1 Å². The Morgan fingerprint density at radius 1 is 1.10 bits per heavy atom. The third-order valence-electron chi connectivity index (χ3n) is 6.29. The first-order valence-corrected chi connectivity index (χ1v) is 11.2. The van der Waals surface area contributed by atoms with E-state index in [0.29, 0.717) is 43.3 Å². The van der Waals surface area contributed by atoms with Crippen molar-refractivity contribution in [3.8, 4) is 0 Å². The monoisotopic (exact) mass is 418 g/mol. The number of anilines is 2. The van der Waals surface area contributed by atoms with Gasteiger partial charge < -0.3 is 20.4 Å². The Morgan fingerprint density at radius 2 is 1.77 bits per heavy atom. The Kier molecular flexibility index (Phi) is 7.56. The van der Waals surface area contributed by atoms with Gasteiger partial charge in [-0.2, -0.15) is 0 Å². The molecule has 0 unspecified atom stereocenters. The number of carbonyl (C=O) groups is 2.